The zero-order valence-electron chi connectivity index (χ0n) is 11.4. The van der Waals surface area contributed by atoms with Gasteiger partial charge in [-0.2, -0.15) is 8.61 Å². The molecule has 10 heteroatoms. The first kappa shape index (κ1) is 16.5. The van der Waals surface area contributed by atoms with Gasteiger partial charge in [0.25, 0.3) is 0 Å². The summed E-state index contributed by atoms with van der Waals surface area (Å²) in [5.41, 5.74) is 5.81. The molecular weight excluding hydrogens is 338 g/mol. The molecule has 1 saturated heterocycles. The highest BCUT2D eigenvalue weighted by Gasteiger charge is 2.31. The van der Waals surface area contributed by atoms with Gasteiger partial charge in [0.15, 0.2) is 0 Å². The highest BCUT2D eigenvalue weighted by molar-refractivity contribution is 7.89. The molecule has 1 aromatic rings. The molecule has 0 radical (unpaired) electrons. The van der Waals surface area contributed by atoms with Crippen LogP contribution in [0, 0.1) is 0 Å². The maximum atomic E-state index is 12.5. The Hall–Kier alpha value is -0.870. The van der Waals surface area contributed by atoms with Gasteiger partial charge in [-0.3, -0.25) is 0 Å². The molecule has 0 aliphatic carbocycles. The number of nitrogens with two attached hydrogens (primary N) is 1. The molecule has 0 atom stereocenters. The lowest BCUT2D eigenvalue weighted by Gasteiger charge is -2.32. The standard InChI is InChI=1S/C11H16ClN3O4S2/c1-20(16,17)14-4-6-15(7-5-14)21(18,19)9-2-3-10(12)11(13)8-9/h2-3,8H,4-7,13H2,1H3. The SMILES string of the molecule is CS(=O)(=O)N1CCN(S(=O)(=O)c2ccc(Cl)c(N)c2)CC1. The number of hydrogen-bond acceptors (Lipinski definition) is 5. The largest absolute Gasteiger partial charge is 0.397 e. The minimum absolute atomic E-state index is 0.0530. The number of benzene rings is 1. The summed E-state index contributed by atoms with van der Waals surface area (Å²) < 4.78 is 50.3. The summed E-state index contributed by atoms with van der Waals surface area (Å²) in [5, 5.41) is 0.288. The summed E-state index contributed by atoms with van der Waals surface area (Å²) in [7, 11) is -6.99. The Balaban J connectivity index is 2.20. The number of rotatable bonds is 3. The Bertz CT molecular complexity index is 741. The van der Waals surface area contributed by atoms with Gasteiger partial charge >= 0.3 is 0 Å². The normalized spacial score (nSPS) is 18.8. The lowest BCUT2D eigenvalue weighted by Crippen LogP contribution is -2.50. The lowest BCUT2D eigenvalue weighted by molar-refractivity contribution is 0.274. The van der Waals surface area contributed by atoms with E-state index in [4.69, 9.17) is 17.3 Å². The third kappa shape index (κ3) is 3.49. The van der Waals surface area contributed by atoms with Crippen LogP contribution < -0.4 is 5.73 Å². The van der Waals surface area contributed by atoms with Crippen molar-refractivity contribution in [2.75, 3.05) is 38.2 Å². The van der Waals surface area contributed by atoms with Crippen molar-refractivity contribution in [3.63, 3.8) is 0 Å². The number of hydrogen-bond donors (Lipinski definition) is 1. The summed E-state index contributed by atoms with van der Waals surface area (Å²) in [6, 6.07) is 4.12. The van der Waals surface area contributed by atoms with E-state index in [0.29, 0.717) is 0 Å². The molecule has 21 heavy (non-hydrogen) atoms. The molecular formula is C11H16ClN3O4S2. The first-order valence-corrected chi connectivity index (χ1v) is 9.79. The first-order valence-electron chi connectivity index (χ1n) is 6.12. The van der Waals surface area contributed by atoms with Crippen LogP contribution in [0.3, 0.4) is 0 Å². The number of sulfonamides is 2. The summed E-state index contributed by atoms with van der Waals surface area (Å²) in [5.74, 6) is 0. The Morgan fingerprint density at radius 3 is 2.05 bits per heavy atom. The van der Waals surface area contributed by atoms with E-state index in [2.05, 4.69) is 0 Å². The highest BCUT2D eigenvalue weighted by Crippen LogP contribution is 2.25. The maximum Gasteiger partial charge on any atom is 0.243 e. The molecule has 7 nitrogen and oxygen atoms in total. The van der Waals surface area contributed by atoms with Gasteiger partial charge in [-0.15, -0.1) is 0 Å². The summed E-state index contributed by atoms with van der Waals surface area (Å²) in [6.45, 7) is 0.498. The van der Waals surface area contributed by atoms with Crippen LogP contribution >= 0.6 is 11.6 Å². The summed E-state index contributed by atoms with van der Waals surface area (Å²) >= 11 is 5.78. The molecule has 1 fully saturated rings. The van der Waals surface area contributed by atoms with Gasteiger partial charge in [0.05, 0.1) is 21.9 Å². The number of halogens is 1. The molecule has 0 amide bonds. The predicted molar refractivity (Wildman–Crippen MR) is 81.0 cm³/mol. The average Bonchev–Trinajstić information content (AvgIpc) is 2.41. The zero-order valence-corrected chi connectivity index (χ0v) is 13.7. The third-order valence-electron chi connectivity index (χ3n) is 3.27. The zero-order chi connectivity index (χ0) is 15.8. The number of piperazine rings is 1. The Labute approximate surface area is 129 Å². The number of nitrogen functional groups attached to an aromatic ring is 1. The molecule has 0 aromatic heterocycles. The van der Waals surface area contributed by atoms with Crippen molar-refractivity contribution in [3.8, 4) is 0 Å². The van der Waals surface area contributed by atoms with Gasteiger partial charge in [0.1, 0.15) is 0 Å². The summed E-state index contributed by atoms with van der Waals surface area (Å²) in [4.78, 5) is 0.0530. The highest BCUT2D eigenvalue weighted by atomic mass is 35.5. The Morgan fingerprint density at radius 2 is 1.57 bits per heavy atom. The van der Waals surface area contributed by atoms with Gasteiger partial charge in [-0.1, -0.05) is 11.6 Å². The van der Waals surface area contributed by atoms with Crippen LogP contribution in [-0.2, 0) is 20.0 Å². The minimum atomic E-state index is -3.70. The van der Waals surface area contributed by atoms with Crippen molar-refractivity contribution in [1.82, 2.24) is 8.61 Å². The predicted octanol–water partition coefficient (Wildman–Crippen LogP) is 0.188. The Kier molecular flexibility index (Phi) is 4.50. The molecule has 1 heterocycles. The van der Waals surface area contributed by atoms with E-state index >= 15 is 0 Å². The van der Waals surface area contributed by atoms with E-state index in [1.54, 1.807) is 0 Å². The van der Waals surface area contributed by atoms with Crippen molar-refractivity contribution in [3.05, 3.63) is 23.2 Å². The van der Waals surface area contributed by atoms with Gasteiger partial charge < -0.3 is 5.73 Å². The molecule has 2 rings (SSSR count). The van der Waals surface area contributed by atoms with Crippen LogP contribution in [0.25, 0.3) is 0 Å². The monoisotopic (exact) mass is 353 g/mol. The molecule has 0 spiro atoms. The van der Waals surface area contributed by atoms with Crippen molar-refractivity contribution in [1.29, 1.82) is 0 Å². The van der Waals surface area contributed by atoms with Crippen LogP contribution in [0.5, 0.6) is 0 Å². The van der Waals surface area contributed by atoms with E-state index < -0.39 is 20.0 Å². The van der Waals surface area contributed by atoms with Gasteiger partial charge in [0.2, 0.25) is 20.0 Å². The fraction of sp³-hybridized carbons (Fsp3) is 0.455. The van der Waals surface area contributed by atoms with Crippen molar-refractivity contribution >= 4 is 37.3 Å². The van der Waals surface area contributed by atoms with Crippen LogP contribution in [0.1, 0.15) is 0 Å². The maximum absolute atomic E-state index is 12.5. The van der Waals surface area contributed by atoms with Crippen LogP contribution in [0.2, 0.25) is 5.02 Å². The summed E-state index contributed by atoms with van der Waals surface area (Å²) in [6.07, 6.45) is 1.11. The fourth-order valence-electron chi connectivity index (χ4n) is 2.07. The first-order chi connectivity index (χ1) is 9.62. The van der Waals surface area contributed by atoms with E-state index in [1.165, 1.54) is 26.8 Å². The molecule has 0 bridgehead atoms. The molecule has 1 aliphatic heterocycles. The van der Waals surface area contributed by atoms with E-state index in [9.17, 15) is 16.8 Å². The number of nitrogens with zero attached hydrogens (tertiary/aromatic N) is 2. The van der Waals surface area contributed by atoms with Gasteiger partial charge in [0, 0.05) is 26.2 Å². The van der Waals surface area contributed by atoms with Crippen molar-refractivity contribution in [2.24, 2.45) is 0 Å². The van der Waals surface area contributed by atoms with E-state index in [0.717, 1.165) is 6.26 Å². The second-order valence-corrected chi connectivity index (χ2v) is 9.08. The number of anilines is 1. The van der Waals surface area contributed by atoms with E-state index in [1.807, 2.05) is 0 Å². The molecule has 0 saturated carbocycles. The third-order valence-corrected chi connectivity index (χ3v) is 6.81. The minimum Gasteiger partial charge on any atom is -0.397 e. The van der Waals surface area contributed by atoms with Crippen molar-refractivity contribution < 1.29 is 16.8 Å². The molecule has 1 aromatic carbocycles. The topological polar surface area (TPSA) is 101 Å². The van der Waals surface area contributed by atoms with Gasteiger partial charge in [-0.25, -0.2) is 16.8 Å². The van der Waals surface area contributed by atoms with Gasteiger partial charge in [-0.05, 0) is 18.2 Å². The lowest BCUT2D eigenvalue weighted by atomic mass is 10.3. The van der Waals surface area contributed by atoms with Crippen LogP contribution in [0.15, 0.2) is 23.1 Å². The second-order valence-electron chi connectivity index (χ2n) is 4.75. The molecule has 1 aliphatic rings. The van der Waals surface area contributed by atoms with Crippen molar-refractivity contribution in [2.45, 2.75) is 4.90 Å². The molecule has 118 valence electrons. The molecule has 2 N–H and O–H groups in total. The van der Waals surface area contributed by atoms with Crippen LogP contribution in [-0.4, -0.2) is 57.9 Å². The average molecular weight is 354 g/mol. The molecule has 0 unspecified atom stereocenters. The van der Waals surface area contributed by atoms with Crippen LogP contribution in [0.4, 0.5) is 5.69 Å². The fourth-order valence-corrected chi connectivity index (χ4v) is 4.48. The Morgan fingerprint density at radius 1 is 1.05 bits per heavy atom. The van der Waals surface area contributed by atoms with E-state index in [-0.39, 0.29) is 41.8 Å². The quantitative estimate of drug-likeness (QED) is 0.781. The smallest absolute Gasteiger partial charge is 0.243 e. The second kappa shape index (κ2) is 5.73.